The highest BCUT2D eigenvalue weighted by molar-refractivity contribution is 5.75. The van der Waals surface area contributed by atoms with Crippen LogP contribution in [0.1, 0.15) is 17.2 Å². The van der Waals surface area contributed by atoms with Crippen molar-refractivity contribution in [3.05, 3.63) is 47.9 Å². The van der Waals surface area contributed by atoms with Gasteiger partial charge in [0.1, 0.15) is 0 Å². The van der Waals surface area contributed by atoms with Crippen LogP contribution in [-0.2, 0) is 16.0 Å². The maximum absolute atomic E-state index is 12.1. The van der Waals surface area contributed by atoms with Crippen LogP contribution in [-0.4, -0.2) is 24.5 Å². The quantitative estimate of drug-likeness (QED) is 0.870. The van der Waals surface area contributed by atoms with Gasteiger partial charge in [-0.05, 0) is 30.2 Å². The number of carbonyl (C=O) groups is 1. The Kier molecular flexibility index (Phi) is 3.46. The molecule has 0 radical (unpaired) electrons. The molecular formula is C17H16O6. The van der Waals surface area contributed by atoms with E-state index in [0.717, 1.165) is 5.56 Å². The van der Waals surface area contributed by atoms with Crippen molar-refractivity contribution in [2.45, 2.75) is 12.5 Å². The highest BCUT2D eigenvalue weighted by atomic mass is 16.7. The Morgan fingerprint density at radius 1 is 1.17 bits per heavy atom. The summed E-state index contributed by atoms with van der Waals surface area (Å²) >= 11 is 0. The average molecular weight is 316 g/mol. The molecule has 0 saturated carbocycles. The van der Waals surface area contributed by atoms with Crippen LogP contribution < -0.4 is 9.47 Å². The molecule has 0 bridgehead atoms. The van der Waals surface area contributed by atoms with E-state index in [0.29, 0.717) is 23.5 Å². The number of hydrogen-bond acceptors (Lipinski definition) is 6. The highest BCUT2D eigenvalue weighted by Gasteiger charge is 2.42. The number of ether oxygens (including phenoxy) is 3. The molecule has 2 aromatic rings. The van der Waals surface area contributed by atoms with Crippen LogP contribution in [0.5, 0.6) is 11.5 Å². The first-order valence-corrected chi connectivity index (χ1v) is 7.47. The Bertz CT molecular complexity index is 708. The van der Waals surface area contributed by atoms with Crippen LogP contribution in [0.3, 0.4) is 0 Å². The van der Waals surface area contributed by atoms with E-state index in [-0.39, 0.29) is 25.3 Å². The predicted octanol–water partition coefficient (Wildman–Crippen LogP) is 2.07. The van der Waals surface area contributed by atoms with Gasteiger partial charge in [-0.15, -0.1) is 0 Å². The van der Waals surface area contributed by atoms with Crippen LogP contribution in [0.25, 0.3) is 0 Å². The summed E-state index contributed by atoms with van der Waals surface area (Å²) < 4.78 is 20.8. The van der Waals surface area contributed by atoms with Crippen molar-refractivity contribution in [1.82, 2.24) is 0 Å². The van der Waals surface area contributed by atoms with Crippen molar-refractivity contribution in [3.63, 3.8) is 0 Å². The fraction of sp³-hybridized carbons (Fsp3) is 0.353. The molecule has 1 aromatic heterocycles. The molecule has 0 unspecified atom stereocenters. The Morgan fingerprint density at radius 3 is 2.87 bits per heavy atom. The average Bonchev–Trinajstić information content (AvgIpc) is 3.28. The molecule has 1 saturated heterocycles. The summed E-state index contributed by atoms with van der Waals surface area (Å²) in [5, 5.41) is 10.5. The lowest BCUT2D eigenvalue weighted by molar-refractivity contribution is -0.141. The SMILES string of the molecule is O=C1OC[C@H]([C@H](O)c2ccoc2)[C@H]1Cc1ccc2c(c1)OCO2. The van der Waals surface area contributed by atoms with Crippen LogP contribution >= 0.6 is 0 Å². The molecule has 1 fully saturated rings. The number of aliphatic hydroxyl groups is 1. The van der Waals surface area contributed by atoms with Gasteiger partial charge in [-0.25, -0.2) is 0 Å². The number of furan rings is 1. The first-order valence-electron chi connectivity index (χ1n) is 7.47. The lowest BCUT2D eigenvalue weighted by Crippen LogP contribution is -2.24. The van der Waals surface area contributed by atoms with Crippen molar-refractivity contribution < 1.29 is 28.5 Å². The molecule has 2 aliphatic heterocycles. The predicted molar refractivity (Wildman–Crippen MR) is 77.9 cm³/mol. The number of fused-ring (bicyclic) bond motifs is 1. The zero-order valence-corrected chi connectivity index (χ0v) is 12.3. The standard InChI is InChI=1S/C17H16O6/c18-16(11-3-4-20-7-11)13-8-21-17(19)12(13)5-10-1-2-14-15(6-10)23-9-22-14/h1-4,6-7,12-13,16,18H,5,8-9H2/t12-,13+,16-/m1/s1. The van der Waals surface area contributed by atoms with E-state index in [1.165, 1.54) is 12.5 Å². The van der Waals surface area contributed by atoms with Gasteiger partial charge in [-0.2, -0.15) is 0 Å². The summed E-state index contributed by atoms with van der Waals surface area (Å²) in [5.74, 6) is 0.402. The molecule has 6 nitrogen and oxygen atoms in total. The van der Waals surface area contributed by atoms with Crippen molar-refractivity contribution in [3.8, 4) is 11.5 Å². The molecular weight excluding hydrogens is 300 g/mol. The summed E-state index contributed by atoms with van der Waals surface area (Å²) in [6.07, 6.45) is 2.68. The van der Waals surface area contributed by atoms with Crippen LogP contribution in [0.4, 0.5) is 0 Å². The summed E-state index contributed by atoms with van der Waals surface area (Å²) in [7, 11) is 0. The first-order chi connectivity index (χ1) is 11.2. The van der Waals surface area contributed by atoms with Gasteiger partial charge in [0.05, 0.1) is 31.2 Å². The molecule has 4 rings (SSSR count). The summed E-state index contributed by atoms with van der Waals surface area (Å²) in [6.45, 7) is 0.423. The molecule has 3 atom stereocenters. The molecule has 3 heterocycles. The van der Waals surface area contributed by atoms with Crippen LogP contribution in [0, 0.1) is 11.8 Å². The fourth-order valence-electron chi connectivity index (χ4n) is 3.13. The van der Waals surface area contributed by atoms with Crippen molar-refractivity contribution in [2.75, 3.05) is 13.4 Å². The Morgan fingerprint density at radius 2 is 2.04 bits per heavy atom. The number of esters is 1. The minimum absolute atomic E-state index is 0.209. The van der Waals surface area contributed by atoms with Gasteiger partial charge in [0.2, 0.25) is 6.79 Å². The summed E-state index contributed by atoms with van der Waals surface area (Å²) in [6, 6.07) is 7.31. The largest absolute Gasteiger partial charge is 0.472 e. The van der Waals surface area contributed by atoms with Gasteiger partial charge in [-0.1, -0.05) is 6.07 Å². The minimum atomic E-state index is -0.792. The third-order valence-electron chi connectivity index (χ3n) is 4.42. The number of benzene rings is 1. The normalized spacial score (nSPS) is 23.8. The molecule has 0 amide bonds. The third-order valence-corrected chi connectivity index (χ3v) is 4.42. The van der Waals surface area contributed by atoms with Crippen molar-refractivity contribution in [2.24, 2.45) is 11.8 Å². The summed E-state index contributed by atoms with van der Waals surface area (Å²) in [5.41, 5.74) is 1.60. The van der Waals surface area contributed by atoms with Gasteiger partial charge < -0.3 is 23.7 Å². The molecule has 0 spiro atoms. The van der Waals surface area contributed by atoms with Gasteiger partial charge >= 0.3 is 5.97 Å². The van der Waals surface area contributed by atoms with E-state index in [1.54, 1.807) is 6.07 Å². The van der Waals surface area contributed by atoms with E-state index in [2.05, 4.69) is 0 Å². The maximum Gasteiger partial charge on any atom is 0.309 e. The first kappa shape index (κ1) is 14.1. The number of carbonyl (C=O) groups excluding carboxylic acids is 1. The molecule has 23 heavy (non-hydrogen) atoms. The molecule has 120 valence electrons. The second-order valence-electron chi connectivity index (χ2n) is 5.79. The van der Waals surface area contributed by atoms with Crippen molar-refractivity contribution >= 4 is 5.97 Å². The highest BCUT2D eigenvalue weighted by Crippen LogP contribution is 2.38. The lowest BCUT2D eigenvalue weighted by atomic mass is 9.83. The van der Waals surface area contributed by atoms with Gasteiger partial charge in [-0.3, -0.25) is 4.79 Å². The Labute approximate surface area is 132 Å². The van der Waals surface area contributed by atoms with Gasteiger partial charge in [0.15, 0.2) is 11.5 Å². The zero-order chi connectivity index (χ0) is 15.8. The van der Waals surface area contributed by atoms with Gasteiger partial charge in [0, 0.05) is 11.5 Å². The van der Waals surface area contributed by atoms with Crippen molar-refractivity contribution in [1.29, 1.82) is 0 Å². The molecule has 0 aliphatic carbocycles. The van der Waals surface area contributed by atoms with Crippen LogP contribution in [0.2, 0.25) is 0 Å². The molecule has 6 heteroatoms. The van der Waals surface area contributed by atoms with E-state index in [4.69, 9.17) is 18.6 Å². The smallest absolute Gasteiger partial charge is 0.309 e. The zero-order valence-electron chi connectivity index (χ0n) is 12.3. The molecule has 2 aliphatic rings. The second kappa shape index (κ2) is 5.62. The third kappa shape index (κ3) is 2.55. The van der Waals surface area contributed by atoms with E-state index in [1.807, 2.05) is 18.2 Å². The monoisotopic (exact) mass is 316 g/mol. The number of rotatable bonds is 4. The Balaban J connectivity index is 1.55. The van der Waals surface area contributed by atoms with E-state index < -0.39 is 12.0 Å². The minimum Gasteiger partial charge on any atom is -0.472 e. The van der Waals surface area contributed by atoms with E-state index in [9.17, 15) is 9.90 Å². The fourth-order valence-corrected chi connectivity index (χ4v) is 3.13. The van der Waals surface area contributed by atoms with Crippen LogP contribution in [0.15, 0.2) is 41.2 Å². The second-order valence-corrected chi connectivity index (χ2v) is 5.79. The molecule has 1 aromatic carbocycles. The topological polar surface area (TPSA) is 78.1 Å². The molecule has 1 N–H and O–H groups in total. The summed E-state index contributed by atoms with van der Waals surface area (Å²) in [4.78, 5) is 12.1. The number of cyclic esters (lactones) is 1. The number of hydrogen-bond donors (Lipinski definition) is 1. The maximum atomic E-state index is 12.1. The van der Waals surface area contributed by atoms with Gasteiger partial charge in [0.25, 0.3) is 0 Å². The Hall–Kier alpha value is -2.47. The van der Waals surface area contributed by atoms with E-state index >= 15 is 0 Å². The lowest BCUT2D eigenvalue weighted by Gasteiger charge is -2.20. The number of aliphatic hydroxyl groups excluding tert-OH is 1.